The van der Waals surface area contributed by atoms with Crippen LogP contribution in [0.3, 0.4) is 0 Å². The van der Waals surface area contributed by atoms with Gasteiger partial charge in [0.05, 0.1) is 132 Å². The molecule has 0 aromatic rings. The maximum Gasteiger partial charge on any atom is 0.460 e. The fourth-order valence-corrected chi connectivity index (χ4v) is 3.90. The van der Waals surface area contributed by atoms with Crippen molar-refractivity contribution >= 4 is 0 Å². The van der Waals surface area contributed by atoms with Crippen LogP contribution < -0.4 is 0 Å². The molecule has 0 saturated heterocycles. The van der Waals surface area contributed by atoms with Gasteiger partial charge in [-0.2, -0.15) is 74.6 Å². The van der Waals surface area contributed by atoms with E-state index in [4.69, 9.17) is 47.7 Å². The molecular formula is C31H47F17O11. The quantitative estimate of drug-likeness (QED) is 0.0585. The summed E-state index contributed by atoms with van der Waals surface area (Å²) in [5.41, 5.74) is 0. The van der Waals surface area contributed by atoms with Gasteiger partial charge in [0.25, 0.3) is 0 Å². The molecule has 0 heterocycles. The Labute approximate surface area is 326 Å². The number of aliphatic hydroxyl groups excluding tert-OH is 1. The average Bonchev–Trinajstić information content (AvgIpc) is 3.14. The fraction of sp³-hybridized carbons (Fsp3) is 1.00. The van der Waals surface area contributed by atoms with E-state index in [1.165, 1.54) is 0 Å². The minimum absolute atomic E-state index is 0.0192. The molecule has 0 aliphatic heterocycles. The standard InChI is InChI=1S/C31H47F17O11/c32-24(33,25(34,35)26(36,37)27(38,39)28(40,41)29(42,43)30(44,45)31(46,47)48)2-1-4-50-6-8-52-10-12-54-14-16-56-18-20-58-22-23-59-21-19-57-17-15-55-13-11-53-9-7-51-5-3-49/h49H,1-23H2. The molecule has 0 aromatic heterocycles. The third kappa shape index (κ3) is 17.9. The molecule has 0 spiro atoms. The molecular weight excluding hydrogens is 871 g/mol. The van der Waals surface area contributed by atoms with E-state index in [0.717, 1.165) is 0 Å². The molecule has 0 unspecified atom stereocenters. The molecule has 0 atom stereocenters. The normalized spacial score (nSPS) is 14.1. The van der Waals surface area contributed by atoms with Gasteiger partial charge in [-0.1, -0.05) is 0 Å². The Kier molecular flexibility index (Phi) is 26.7. The molecule has 59 heavy (non-hydrogen) atoms. The molecule has 28 heteroatoms. The van der Waals surface area contributed by atoms with Crippen molar-refractivity contribution in [3.8, 4) is 0 Å². The maximum absolute atomic E-state index is 13.9. The topological polar surface area (TPSA) is 113 Å². The summed E-state index contributed by atoms with van der Waals surface area (Å²) in [5.74, 6) is -56.4. The lowest BCUT2D eigenvalue weighted by Crippen LogP contribution is -2.74. The van der Waals surface area contributed by atoms with E-state index in [-0.39, 0.29) is 59.5 Å². The van der Waals surface area contributed by atoms with Crippen molar-refractivity contribution < 1.29 is 127 Å². The highest BCUT2D eigenvalue weighted by atomic mass is 19.4. The first-order valence-corrected chi connectivity index (χ1v) is 17.4. The molecule has 0 aliphatic carbocycles. The Morgan fingerprint density at radius 1 is 0.254 bits per heavy atom. The average molecular weight is 919 g/mol. The van der Waals surface area contributed by atoms with Gasteiger partial charge in [0.1, 0.15) is 0 Å². The number of rotatable bonds is 39. The summed E-state index contributed by atoms with van der Waals surface area (Å²) < 4.78 is 278. The molecule has 0 fully saturated rings. The predicted octanol–water partition coefficient (Wildman–Crippen LogP) is 5.93. The zero-order chi connectivity index (χ0) is 45.3. The molecule has 11 nitrogen and oxygen atoms in total. The summed E-state index contributed by atoms with van der Waals surface area (Å²) in [6.45, 7) is 2.98. The van der Waals surface area contributed by atoms with E-state index < -0.39 is 73.7 Å². The highest BCUT2D eigenvalue weighted by molar-refractivity contribution is 5.15. The summed E-state index contributed by atoms with van der Waals surface area (Å²) in [6.07, 6.45) is -11.7. The van der Waals surface area contributed by atoms with E-state index in [1.54, 1.807) is 0 Å². The lowest BCUT2D eigenvalue weighted by atomic mass is 9.88. The van der Waals surface area contributed by atoms with Crippen molar-refractivity contribution in [2.45, 2.75) is 60.5 Å². The van der Waals surface area contributed by atoms with Crippen LogP contribution >= 0.6 is 0 Å². The number of hydrogen-bond donors (Lipinski definition) is 1. The van der Waals surface area contributed by atoms with Gasteiger partial charge in [-0.15, -0.1) is 0 Å². The van der Waals surface area contributed by atoms with E-state index in [9.17, 15) is 74.6 Å². The highest BCUT2D eigenvalue weighted by Crippen LogP contribution is 2.64. The number of halogens is 17. The van der Waals surface area contributed by atoms with Crippen LogP contribution in [0.25, 0.3) is 0 Å². The molecule has 0 aliphatic rings. The number of ether oxygens (including phenoxy) is 10. The predicted molar refractivity (Wildman–Crippen MR) is 165 cm³/mol. The number of aliphatic hydroxyl groups is 1. The molecule has 0 amide bonds. The van der Waals surface area contributed by atoms with Gasteiger partial charge in [-0.05, 0) is 6.42 Å². The second-order valence-electron chi connectivity index (χ2n) is 11.6. The molecule has 0 rings (SSSR count). The lowest BCUT2D eigenvalue weighted by Gasteiger charge is -2.42. The zero-order valence-electron chi connectivity index (χ0n) is 31.2. The summed E-state index contributed by atoms with van der Waals surface area (Å²) >= 11 is 0. The number of alkyl halides is 17. The molecule has 1 N–H and O–H groups in total. The molecule has 0 radical (unpaired) electrons. The first-order valence-electron chi connectivity index (χ1n) is 17.4. The SMILES string of the molecule is OCCOCCOCCOCCOCCOCCOCCOCCOCCOCCOCCCC(F)(F)C(F)(F)C(F)(F)C(F)(F)C(F)(F)C(F)(F)C(F)(F)C(F)(F)F. The van der Waals surface area contributed by atoms with Gasteiger partial charge in [0.15, 0.2) is 0 Å². The van der Waals surface area contributed by atoms with Crippen LogP contribution in [0, 0.1) is 0 Å². The first-order chi connectivity index (χ1) is 27.3. The van der Waals surface area contributed by atoms with Gasteiger partial charge < -0.3 is 52.5 Å². The molecule has 0 aromatic carbocycles. The summed E-state index contributed by atoms with van der Waals surface area (Å²) in [4.78, 5) is 0. The third-order valence-electron chi connectivity index (χ3n) is 7.15. The van der Waals surface area contributed by atoms with Crippen molar-refractivity contribution in [3.05, 3.63) is 0 Å². The Balaban J connectivity index is 4.00. The Hall–Kier alpha value is -1.63. The van der Waals surface area contributed by atoms with Crippen LogP contribution in [0.1, 0.15) is 12.8 Å². The Morgan fingerprint density at radius 2 is 0.458 bits per heavy atom. The van der Waals surface area contributed by atoms with Crippen LogP contribution in [0.4, 0.5) is 74.6 Å². The fourth-order valence-electron chi connectivity index (χ4n) is 3.90. The molecule has 0 saturated carbocycles. The highest BCUT2D eigenvalue weighted by Gasteiger charge is 2.95. The van der Waals surface area contributed by atoms with Crippen molar-refractivity contribution in [1.82, 2.24) is 0 Å². The molecule has 0 bridgehead atoms. The Bertz CT molecular complexity index is 1080. The lowest BCUT2D eigenvalue weighted by molar-refractivity contribution is -0.461. The van der Waals surface area contributed by atoms with E-state index >= 15 is 0 Å². The van der Waals surface area contributed by atoms with Gasteiger partial charge in [0.2, 0.25) is 0 Å². The smallest absolute Gasteiger partial charge is 0.394 e. The van der Waals surface area contributed by atoms with Crippen molar-refractivity contribution in [1.29, 1.82) is 0 Å². The first kappa shape index (κ1) is 57.4. The van der Waals surface area contributed by atoms with Gasteiger partial charge in [0, 0.05) is 13.0 Å². The van der Waals surface area contributed by atoms with Crippen LogP contribution in [0.5, 0.6) is 0 Å². The zero-order valence-corrected chi connectivity index (χ0v) is 31.2. The van der Waals surface area contributed by atoms with E-state index in [0.29, 0.717) is 66.1 Å². The minimum atomic E-state index is -8.65. The van der Waals surface area contributed by atoms with E-state index in [2.05, 4.69) is 4.74 Å². The van der Waals surface area contributed by atoms with Gasteiger partial charge in [-0.3, -0.25) is 0 Å². The van der Waals surface area contributed by atoms with Gasteiger partial charge in [-0.25, -0.2) is 0 Å². The van der Waals surface area contributed by atoms with Crippen molar-refractivity contribution in [2.24, 2.45) is 0 Å². The van der Waals surface area contributed by atoms with Crippen molar-refractivity contribution in [2.75, 3.05) is 139 Å². The monoisotopic (exact) mass is 918 g/mol. The van der Waals surface area contributed by atoms with Crippen LogP contribution in [0.2, 0.25) is 0 Å². The van der Waals surface area contributed by atoms with Crippen LogP contribution in [-0.4, -0.2) is 191 Å². The number of hydrogen-bond acceptors (Lipinski definition) is 11. The second-order valence-corrected chi connectivity index (χ2v) is 11.6. The largest absolute Gasteiger partial charge is 0.460 e. The summed E-state index contributed by atoms with van der Waals surface area (Å²) in [6, 6.07) is 0. The third-order valence-corrected chi connectivity index (χ3v) is 7.15. The van der Waals surface area contributed by atoms with Crippen LogP contribution in [0.15, 0.2) is 0 Å². The van der Waals surface area contributed by atoms with Crippen LogP contribution in [-0.2, 0) is 47.4 Å². The van der Waals surface area contributed by atoms with Gasteiger partial charge >= 0.3 is 47.6 Å². The van der Waals surface area contributed by atoms with E-state index in [1.807, 2.05) is 0 Å². The Morgan fingerprint density at radius 3 is 0.695 bits per heavy atom. The maximum atomic E-state index is 13.9. The summed E-state index contributed by atoms with van der Waals surface area (Å²) in [5, 5.41) is 8.55. The van der Waals surface area contributed by atoms with Crippen molar-refractivity contribution in [3.63, 3.8) is 0 Å². The second kappa shape index (κ2) is 27.4. The summed E-state index contributed by atoms with van der Waals surface area (Å²) in [7, 11) is 0. The molecule has 356 valence electrons. The minimum Gasteiger partial charge on any atom is -0.394 e.